The summed E-state index contributed by atoms with van der Waals surface area (Å²) in [5, 5.41) is 0.0865. The topological polar surface area (TPSA) is 42.9 Å². The molecule has 3 nitrogen and oxygen atoms in total. The largest absolute Gasteiger partial charge is 0.288 e. The molecule has 0 atom stereocenters. The summed E-state index contributed by atoms with van der Waals surface area (Å²) < 4.78 is 0. The highest BCUT2D eigenvalue weighted by Crippen LogP contribution is 2.17. The molecule has 0 saturated heterocycles. The standard InChI is InChI=1S/C11H6Cl2N2O/c12-10-8(6-14-11(13)15-10)9(16)7-4-2-1-3-5-7/h1-6H. The van der Waals surface area contributed by atoms with Crippen molar-refractivity contribution < 1.29 is 4.79 Å². The highest BCUT2D eigenvalue weighted by atomic mass is 35.5. The minimum Gasteiger partial charge on any atom is -0.288 e. The summed E-state index contributed by atoms with van der Waals surface area (Å²) in [6.07, 6.45) is 1.33. The zero-order chi connectivity index (χ0) is 11.5. The van der Waals surface area contributed by atoms with Crippen LogP contribution < -0.4 is 0 Å². The van der Waals surface area contributed by atoms with Gasteiger partial charge in [-0.2, -0.15) is 0 Å². The Morgan fingerprint density at radius 1 is 1.12 bits per heavy atom. The zero-order valence-electron chi connectivity index (χ0n) is 8.02. The van der Waals surface area contributed by atoms with Crippen molar-refractivity contribution in [2.45, 2.75) is 0 Å². The Morgan fingerprint density at radius 3 is 2.44 bits per heavy atom. The molecule has 2 rings (SSSR count). The predicted octanol–water partition coefficient (Wildman–Crippen LogP) is 3.01. The molecule has 0 radical (unpaired) electrons. The molecule has 1 aromatic heterocycles. The molecule has 5 heteroatoms. The highest BCUT2D eigenvalue weighted by Gasteiger charge is 2.14. The van der Waals surface area contributed by atoms with Crippen molar-refractivity contribution in [2.75, 3.05) is 0 Å². The van der Waals surface area contributed by atoms with Crippen LogP contribution in [0.1, 0.15) is 15.9 Å². The fourth-order valence-electron chi connectivity index (χ4n) is 1.24. The number of halogens is 2. The first-order chi connectivity index (χ1) is 7.68. The number of rotatable bonds is 2. The second kappa shape index (κ2) is 4.60. The predicted molar refractivity (Wildman–Crippen MR) is 61.9 cm³/mol. The zero-order valence-corrected chi connectivity index (χ0v) is 9.53. The van der Waals surface area contributed by atoms with Gasteiger partial charge in [-0.3, -0.25) is 4.79 Å². The van der Waals surface area contributed by atoms with Crippen molar-refractivity contribution in [3.8, 4) is 0 Å². The molecule has 0 spiro atoms. The maximum atomic E-state index is 12.0. The number of benzene rings is 1. The van der Waals surface area contributed by atoms with Gasteiger partial charge in [-0.1, -0.05) is 41.9 Å². The monoisotopic (exact) mass is 252 g/mol. The van der Waals surface area contributed by atoms with Crippen LogP contribution in [0.5, 0.6) is 0 Å². The van der Waals surface area contributed by atoms with Crippen LogP contribution in [0.4, 0.5) is 0 Å². The van der Waals surface area contributed by atoms with E-state index in [0.717, 1.165) is 0 Å². The van der Waals surface area contributed by atoms with E-state index in [1.807, 2.05) is 6.07 Å². The Balaban J connectivity index is 2.42. The van der Waals surface area contributed by atoms with E-state index in [1.54, 1.807) is 24.3 Å². The number of carbonyl (C=O) groups is 1. The number of carbonyl (C=O) groups excluding carboxylic acids is 1. The molecule has 0 aliphatic carbocycles. The van der Waals surface area contributed by atoms with Crippen LogP contribution in [0, 0.1) is 0 Å². The summed E-state index contributed by atoms with van der Waals surface area (Å²) in [7, 11) is 0. The molecule has 2 aromatic rings. The van der Waals surface area contributed by atoms with E-state index >= 15 is 0 Å². The first-order valence-corrected chi connectivity index (χ1v) is 5.22. The Bertz CT molecular complexity index is 529. The Hall–Kier alpha value is -1.45. The van der Waals surface area contributed by atoms with Gasteiger partial charge in [0, 0.05) is 11.8 Å². The smallest absolute Gasteiger partial charge is 0.223 e. The average molecular weight is 253 g/mol. The van der Waals surface area contributed by atoms with Crippen LogP contribution in [0.25, 0.3) is 0 Å². The van der Waals surface area contributed by atoms with Gasteiger partial charge in [-0.05, 0) is 11.6 Å². The van der Waals surface area contributed by atoms with Gasteiger partial charge in [0.25, 0.3) is 0 Å². The molecule has 16 heavy (non-hydrogen) atoms. The van der Waals surface area contributed by atoms with Crippen LogP contribution in [0.3, 0.4) is 0 Å². The summed E-state index contributed by atoms with van der Waals surface area (Å²) in [4.78, 5) is 19.4. The highest BCUT2D eigenvalue weighted by molar-refractivity contribution is 6.35. The van der Waals surface area contributed by atoms with E-state index in [0.29, 0.717) is 5.56 Å². The van der Waals surface area contributed by atoms with Gasteiger partial charge < -0.3 is 0 Å². The fourth-order valence-corrected chi connectivity index (χ4v) is 1.63. The van der Waals surface area contributed by atoms with E-state index in [4.69, 9.17) is 23.2 Å². The van der Waals surface area contributed by atoms with E-state index in [2.05, 4.69) is 9.97 Å². The lowest BCUT2D eigenvalue weighted by atomic mass is 10.1. The van der Waals surface area contributed by atoms with Gasteiger partial charge in [0.1, 0.15) is 5.15 Å². The molecule has 0 aliphatic rings. The van der Waals surface area contributed by atoms with Crippen LogP contribution in [-0.4, -0.2) is 15.8 Å². The lowest BCUT2D eigenvalue weighted by Gasteiger charge is -2.02. The van der Waals surface area contributed by atoms with Crippen molar-refractivity contribution >= 4 is 29.0 Å². The van der Waals surface area contributed by atoms with Crippen molar-refractivity contribution in [1.82, 2.24) is 9.97 Å². The van der Waals surface area contributed by atoms with Crippen molar-refractivity contribution in [3.05, 3.63) is 58.1 Å². The number of nitrogens with zero attached hydrogens (tertiary/aromatic N) is 2. The number of hydrogen-bond donors (Lipinski definition) is 0. The summed E-state index contributed by atoms with van der Waals surface area (Å²) in [6, 6.07) is 8.78. The van der Waals surface area contributed by atoms with Gasteiger partial charge in [0.05, 0.1) is 5.56 Å². The minimum absolute atomic E-state index is 0.0228. The Labute approximate surface area is 102 Å². The fraction of sp³-hybridized carbons (Fsp3) is 0. The van der Waals surface area contributed by atoms with E-state index in [9.17, 15) is 4.79 Å². The summed E-state index contributed by atoms with van der Waals surface area (Å²) in [6.45, 7) is 0. The third-order valence-electron chi connectivity index (χ3n) is 1.99. The first kappa shape index (κ1) is 11.0. The molecule has 0 N–H and O–H groups in total. The van der Waals surface area contributed by atoms with Crippen molar-refractivity contribution in [2.24, 2.45) is 0 Å². The average Bonchev–Trinajstić information content (AvgIpc) is 2.29. The molecular formula is C11H6Cl2N2O. The van der Waals surface area contributed by atoms with Crippen LogP contribution in [-0.2, 0) is 0 Å². The molecule has 1 heterocycles. The Kier molecular flexibility index (Phi) is 3.17. The Morgan fingerprint density at radius 2 is 1.81 bits per heavy atom. The van der Waals surface area contributed by atoms with Gasteiger partial charge in [-0.15, -0.1) is 0 Å². The maximum Gasteiger partial charge on any atom is 0.223 e. The summed E-state index contributed by atoms with van der Waals surface area (Å²) in [5.41, 5.74) is 0.785. The molecule has 0 bridgehead atoms. The number of hydrogen-bond acceptors (Lipinski definition) is 3. The molecule has 0 fully saturated rings. The summed E-state index contributed by atoms with van der Waals surface area (Å²) in [5.74, 6) is -0.220. The third-order valence-corrected chi connectivity index (χ3v) is 2.46. The van der Waals surface area contributed by atoms with E-state index < -0.39 is 0 Å². The molecule has 0 aliphatic heterocycles. The van der Waals surface area contributed by atoms with Crippen molar-refractivity contribution in [1.29, 1.82) is 0 Å². The second-order valence-corrected chi connectivity index (χ2v) is 3.73. The molecule has 0 saturated carbocycles. The molecule has 0 amide bonds. The van der Waals surface area contributed by atoms with Gasteiger partial charge in [-0.25, -0.2) is 9.97 Å². The van der Waals surface area contributed by atoms with Crippen molar-refractivity contribution in [3.63, 3.8) is 0 Å². The van der Waals surface area contributed by atoms with Gasteiger partial charge in [0.2, 0.25) is 5.28 Å². The second-order valence-electron chi connectivity index (χ2n) is 3.04. The van der Waals surface area contributed by atoms with Gasteiger partial charge >= 0.3 is 0 Å². The molecule has 1 aromatic carbocycles. The number of ketones is 1. The van der Waals surface area contributed by atoms with Crippen LogP contribution in [0.15, 0.2) is 36.5 Å². The quantitative estimate of drug-likeness (QED) is 0.469. The first-order valence-electron chi connectivity index (χ1n) is 4.46. The maximum absolute atomic E-state index is 12.0. The SMILES string of the molecule is O=C(c1ccccc1)c1cnc(Cl)nc1Cl. The van der Waals surface area contributed by atoms with E-state index in [1.165, 1.54) is 6.20 Å². The molecule has 80 valence electrons. The third kappa shape index (κ3) is 2.21. The van der Waals surface area contributed by atoms with Crippen LogP contribution >= 0.6 is 23.2 Å². The minimum atomic E-state index is -0.220. The van der Waals surface area contributed by atoms with Gasteiger partial charge in [0.15, 0.2) is 5.78 Å². The normalized spacial score (nSPS) is 10.1. The molecule has 0 unspecified atom stereocenters. The molecular weight excluding hydrogens is 247 g/mol. The number of aromatic nitrogens is 2. The van der Waals surface area contributed by atoms with Crippen LogP contribution in [0.2, 0.25) is 10.4 Å². The lowest BCUT2D eigenvalue weighted by molar-refractivity contribution is 0.103. The lowest BCUT2D eigenvalue weighted by Crippen LogP contribution is -2.04. The van der Waals surface area contributed by atoms with E-state index in [-0.39, 0.29) is 21.8 Å². The summed E-state index contributed by atoms with van der Waals surface area (Å²) >= 11 is 11.4.